The SMILES string of the molecule is c1ccc(Nc2cnco2)cc1. The Labute approximate surface area is 70.1 Å². The highest BCUT2D eigenvalue weighted by Gasteiger charge is 1.94. The number of rotatable bonds is 2. The molecule has 0 saturated heterocycles. The van der Waals surface area contributed by atoms with Crippen LogP contribution in [0.2, 0.25) is 0 Å². The fourth-order valence-corrected chi connectivity index (χ4v) is 0.941. The van der Waals surface area contributed by atoms with Gasteiger partial charge in [-0.05, 0) is 12.1 Å². The lowest BCUT2D eigenvalue weighted by Crippen LogP contribution is -1.85. The Balaban J connectivity index is 2.15. The number of anilines is 2. The third-order valence-electron chi connectivity index (χ3n) is 1.47. The molecule has 1 aromatic carbocycles. The maximum Gasteiger partial charge on any atom is 0.217 e. The number of benzene rings is 1. The van der Waals surface area contributed by atoms with Gasteiger partial charge in [-0.1, -0.05) is 18.2 Å². The lowest BCUT2D eigenvalue weighted by Gasteiger charge is -1.99. The highest BCUT2D eigenvalue weighted by Crippen LogP contribution is 2.13. The molecule has 0 aliphatic rings. The number of para-hydroxylation sites is 1. The third kappa shape index (κ3) is 1.45. The Hall–Kier alpha value is -1.77. The van der Waals surface area contributed by atoms with Crippen LogP contribution in [-0.4, -0.2) is 4.98 Å². The quantitative estimate of drug-likeness (QED) is 0.733. The van der Waals surface area contributed by atoms with Crippen molar-refractivity contribution < 1.29 is 4.42 Å². The molecule has 0 amide bonds. The van der Waals surface area contributed by atoms with Crippen LogP contribution in [0.1, 0.15) is 0 Å². The van der Waals surface area contributed by atoms with Crippen LogP contribution >= 0.6 is 0 Å². The zero-order valence-corrected chi connectivity index (χ0v) is 6.40. The molecular weight excluding hydrogens is 152 g/mol. The molecule has 0 spiro atoms. The number of hydrogen-bond acceptors (Lipinski definition) is 3. The zero-order valence-electron chi connectivity index (χ0n) is 6.40. The first-order chi connectivity index (χ1) is 5.95. The van der Waals surface area contributed by atoms with Gasteiger partial charge in [0.05, 0.1) is 6.20 Å². The van der Waals surface area contributed by atoms with Gasteiger partial charge < -0.3 is 9.73 Å². The summed E-state index contributed by atoms with van der Waals surface area (Å²) in [5.41, 5.74) is 0.995. The van der Waals surface area contributed by atoms with Gasteiger partial charge in [-0.3, -0.25) is 0 Å². The number of nitrogens with one attached hydrogen (secondary N) is 1. The molecule has 1 N–H and O–H groups in total. The van der Waals surface area contributed by atoms with Gasteiger partial charge in [-0.25, -0.2) is 4.98 Å². The summed E-state index contributed by atoms with van der Waals surface area (Å²) in [6.07, 6.45) is 3.03. The largest absolute Gasteiger partial charge is 0.428 e. The summed E-state index contributed by atoms with van der Waals surface area (Å²) in [5.74, 6) is 0.654. The summed E-state index contributed by atoms with van der Waals surface area (Å²) >= 11 is 0. The normalized spacial score (nSPS) is 9.67. The molecule has 2 aromatic rings. The Morgan fingerprint density at radius 2 is 2.00 bits per heavy atom. The van der Waals surface area contributed by atoms with E-state index in [9.17, 15) is 0 Å². The smallest absolute Gasteiger partial charge is 0.217 e. The average molecular weight is 160 g/mol. The van der Waals surface area contributed by atoms with Gasteiger partial charge >= 0.3 is 0 Å². The van der Waals surface area contributed by atoms with E-state index in [2.05, 4.69) is 10.3 Å². The fourth-order valence-electron chi connectivity index (χ4n) is 0.941. The molecule has 0 fully saturated rings. The summed E-state index contributed by atoms with van der Waals surface area (Å²) in [7, 11) is 0. The number of nitrogens with zero attached hydrogens (tertiary/aromatic N) is 1. The molecule has 12 heavy (non-hydrogen) atoms. The molecule has 2 rings (SSSR count). The van der Waals surface area contributed by atoms with Crippen LogP contribution in [-0.2, 0) is 0 Å². The first-order valence-corrected chi connectivity index (χ1v) is 3.66. The average Bonchev–Trinajstić information content (AvgIpc) is 2.59. The van der Waals surface area contributed by atoms with E-state index in [0.717, 1.165) is 5.69 Å². The first-order valence-electron chi connectivity index (χ1n) is 3.66. The third-order valence-corrected chi connectivity index (χ3v) is 1.47. The summed E-state index contributed by atoms with van der Waals surface area (Å²) in [5, 5.41) is 3.05. The second-order valence-corrected chi connectivity index (χ2v) is 2.36. The standard InChI is InChI=1S/C9H8N2O/c1-2-4-8(5-3-1)11-9-6-10-7-12-9/h1-7,11H. The van der Waals surface area contributed by atoms with Crippen LogP contribution in [0.25, 0.3) is 0 Å². The van der Waals surface area contributed by atoms with E-state index in [4.69, 9.17) is 4.42 Å². The van der Waals surface area contributed by atoms with Gasteiger partial charge in [0.2, 0.25) is 5.88 Å². The van der Waals surface area contributed by atoms with E-state index in [-0.39, 0.29) is 0 Å². The molecule has 0 unspecified atom stereocenters. The number of aromatic nitrogens is 1. The molecule has 0 atom stereocenters. The Bertz CT molecular complexity index is 329. The van der Waals surface area contributed by atoms with Crippen LogP contribution in [0.3, 0.4) is 0 Å². The predicted octanol–water partition coefficient (Wildman–Crippen LogP) is 2.42. The molecule has 1 heterocycles. The van der Waals surface area contributed by atoms with Gasteiger partial charge in [-0.15, -0.1) is 0 Å². The molecule has 1 aromatic heterocycles. The maximum atomic E-state index is 5.02. The highest BCUT2D eigenvalue weighted by atomic mass is 16.4. The van der Waals surface area contributed by atoms with Gasteiger partial charge in [0, 0.05) is 5.69 Å². The fraction of sp³-hybridized carbons (Fsp3) is 0. The van der Waals surface area contributed by atoms with Crippen molar-refractivity contribution in [1.82, 2.24) is 4.98 Å². The minimum Gasteiger partial charge on any atom is -0.428 e. The summed E-state index contributed by atoms with van der Waals surface area (Å²) in [4.78, 5) is 3.79. The monoisotopic (exact) mass is 160 g/mol. The van der Waals surface area contributed by atoms with Crippen molar-refractivity contribution in [2.75, 3.05) is 5.32 Å². The minimum absolute atomic E-state index is 0.654. The second kappa shape index (κ2) is 3.09. The summed E-state index contributed by atoms with van der Waals surface area (Å²) in [6, 6.07) is 9.80. The van der Waals surface area contributed by atoms with Gasteiger partial charge in [-0.2, -0.15) is 0 Å². The van der Waals surface area contributed by atoms with E-state index in [1.807, 2.05) is 30.3 Å². The second-order valence-electron chi connectivity index (χ2n) is 2.36. The molecule has 0 aliphatic carbocycles. The van der Waals surface area contributed by atoms with Crippen LogP contribution in [0.15, 0.2) is 47.3 Å². The van der Waals surface area contributed by atoms with Crippen molar-refractivity contribution >= 4 is 11.6 Å². The van der Waals surface area contributed by atoms with Crippen molar-refractivity contribution in [2.24, 2.45) is 0 Å². The molecule has 0 aliphatic heterocycles. The van der Waals surface area contributed by atoms with Crippen LogP contribution in [0, 0.1) is 0 Å². The van der Waals surface area contributed by atoms with E-state index >= 15 is 0 Å². The van der Waals surface area contributed by atoms with Crippen LogP contribution in [0.4, 0.5) is 11.6 Å². The van der Waals surface area contributed by atoms with Gasteiger partial charge in [0.25, 0.3) is 0 Å². The molecule has 3 nitrogen and oxygen atoms in total. The molecule has 0 saturated carbocycles. The highest BCUT2D eigenvalue weighted by molar-refractivity contribution is 5.53. The number of oxazole rings is 1. The van der Waals surface area contributed by atoms with Crippen molar-refractivity contribution in [2.45, 2.75) is 0 Å². The minimum atomic E-state index is 0.654. The summed E-state index contributed by atoms with van der Waals surface area (Å²) < 4.78 is 5.02. The summed E-state index contributed by atoms with van der Waals surface area (Å²) in [6.45, 7) is 0. The zero-order chi connectivity index (χ0) is 8.23. The van der Waals surface area contributed by atoms with Gasteiger partial charge in [0.1, 0.15) is 0 Å². The van der Waals surface area contributed by atoms with Crippen molar-refractivity contribution in [1.29, 1.82) is 0 Å². The molecule has 0 bridgehead atoms. The molecule has 60 valence electrons. The van der Waals surface area contributed by atoms with Crippen molar-refractivity contribution in [3.8, 4) is 0 Å². The van der Waals surface area contributed by atoms with Crippen molar-refractivity contribution in [3.63, 3.8) is 0 Å². The Morgan fingerprint density at radius 3 is 2.67 bits per heavy atom. The van der Waals surface area contributed by atoms with E-state index in [1.165, 1.54) is 6.39 Å². The molecular formula is C9H8N2O. The van der Waals surface area contributed by atoms with Crippen molar-refractivity contribution in [3.05, 3.63) is 42.9 Å². The first kappa shape index (κ1) is 6.91. The Morgan fingerprint density at radius 1 is 1.17 bits per heavy atom. The van der Waals surface area contributed by atoms with Gasteiger partial charge in [0.15, 0.2) is 6.39 Å². The predicted molar refractivity (Wildman–Crippen MR) is 46.2 cm³/mol. The Kier molecular flexibility index (Phi) is 1.78. The van der Waals surface area contributed by atoms with E-state index in [0.29, 0.717) is 5.88 Å². The van der Waals surface area contributed by atoms with Crippen LogP contribution < -0.4 is 5.32 Å². The van der Waals surface area contributed by atoms with E-state index in [1.54, 1.807) is 6.20 Å². The molecule has 3 heteroatoms. The lowest BCUT2D eigenvalue weighted by atomic mass is 10.3. The molecule has 0 radical (unpaired) electrons. The number of hydrogen-bond donors (Lipinski definition) is 1. The lowest BCUT2D eigenvalue weighted by molar-refractivity contribution is 0.575. The van der Waals surface area contributed by atoms with Crippen LogP contribution in [0.5, 0.6) is 0 Å². The topological polar surface area (TPSA) is 38.1 Å². The van der Waals surface area contributed by atoms with E-state index < -0.39 is 0 Å². The maximum absolute atomic E-state index is 5.02.